The fraction of sp³-hybridized carbons (Fsp3) is 0.310. The Bertz CT molecular complexity index is 1300. The lowest BCUT2D eigenvalue weighted by atomic mass is 10.1. The first-order valence-electron chi connectivity index (χ1n) is 12.3. The maximum Gasteiger partial charge on any atom is 0.257 e. The van der Waals surface area contributed by atoms with Crippen LogP contribution in [0.2, 0.25) is 5.02 Å². The molecule has 0 fully saturated rings. The van der Waals surface area contributed by atoms with Crippen LogP contribution in [0.25, 0.3) is 11.0 Å². The van der Waals surface area contributed by atoms with Crippen LogP contribution < -0.4 is 14.8 Å². The number of carbonyl (C=O) groups excluding carboxylic acids is 1. The number of nitrogens with one attached hydrogen (secondary N) is 1. The highest BCUT2D eigenvalue weighted by atomic mass is 35.5. The molecule has 0 saturated heterocycles. The summed E-state index contributed by atoms with van der Waals surface area (Å²) in [5, 5.41) is 3.55. The number of carbonyl (C=O) groups is 1. The third kappa shape index (κ3) is 7.01. The second-order valence-electron chi connectivity index (χ2n) is 8.84. The number of ether oxygens (including phenoxy) is 2. The van der Waals surface area contributed by atoms with Gasteiger partial charge in [-0.3, -0.25) is 4.79 Å². The molecule has 7 heteroatoms. The Morgan fingerprint density at radius 2 is 1.81 bits per heavy atom. The van der Waals surface area contributed by atoms with Gasteiger partial charge in [0.1, 0.15) is 17.3 Å². The van der Waals surface area contributed by atoms with E-state index in [4.69, 9.17) is 26.1 Å². The van der Waals surface area contributed by atoms with Crippen LogP contribution in [0.1, 0.15) is 29.8 Å². The monoisotopic (exact) mass is 505 g/mol. The zero-order valence-corrected chi connectivity index (χ0v) is 21.6. The fourth-order valence-corrected chi connectivity index (χ4v) is 4.26. The van der Waals surface area contributed by atoms with Crippen LogP contribution in [-0.4, -0.2) is 35.2 Å². The van der Waals surface area contributed by atoms with Crippen LogP contribution in [-0.2, 0) is 17.8 Å². The summed E-state index contributed by atoms with van der Waals surface area (Å²) >= 11 is 5.87. The first-order valence-corrected chi connectivity index (χ1v) is 12.7. The van der Waals surface area contributed by atoms with Crippen molar-refractivity contribution < 1.29 is 14.3 Å². The van der Waals surface area contributed by atoms with Crippen molar-refractivity contribution in [1.82, 2.24) is 14.9 Å². The predicted molar refractivity (Wildman–Crippen MR) is 144 cm³/mol. The van der Waals surface area contributed by atoms with Crippen molar-refractivity contribution >= 4 is 28.5 Å². The number of benzene rings is 3. The summed E-state index contributed by atoms with van der Waals surface area (Å²) in [6, 6.07) is 21.4. The Hall–Kier alpha value is -3.51. The van der Waals surface area contributed by atoms with Gasteiger partial charge in [-0.15, -0.1) is 0 Å². The maximum atomic E-state index is 12.1. The highest BCUT2D eigenvalue weighted by Gasteiger charge is 2.11. The van der Waals surface area contributed by atoms with Gasteiger partial charge in [0.15, 0.2) is 6.61 Å². The lowest BCUT2D eigenvalue weighted by Gasteiger charge is -2.12. The highest BCUT2D eigenvalue weighted by molar-refractivity contribution is 6.30. The summed E-state index contributed by atoms with van der Waals surface area (Å²) in [6.45, 7) is 6.15. The maximum absolute atomic E-state index is 12.1. The summed E-state index contributed by atoms with van der Waals surface area (Å²) < 4.78 is 13.8. The van der Waals surface area contributed by atoms with Gasteiger partial charge in [-0.25, -0.2) is 4.98 Å². The van der Waals surface area contributed by atoms with E-state index in [-0.39, 0.29) is 12.5 Å². The highest BCUT2D eigenvalue weighted by Crippen LogP contribution is 2.20. The molecule has 36 heavy (non-hydrogen) atoms. The summed E-state index contributed by atoms with van der Waals surface area (Å²) in [6.07, 6.45) is 2.43. The topological polar surface area (TPSA) is 65.4 Å². The van der Waals surface area contributed by atoms with Gasteiger partial charge in [-0.1, -0.05) is 41.4 Å². The van der Waals surface area contributed by atoms with Gasteiger partial charge in [0.05, 0.1) is 17.6 Å². The van der Waals surface area contributed by atoms with Crippen molar-refractivity contribution in [3.05, 3.63) is 88.7 Å². The van der Waals surface area contributed by atoms with Crippen LogP contribution in [0.4, 0.5) is 0 Å². The molecule has 4 rings (SSSR count). The number of fused-ring (bicyclic) bond motifs is 1. The molecule has 0 aliphatic heterocycles. The first kappa shape index (κ1) is 25.6. The number of para-hydroxylation sites is 2. The number of halogens is 1. The number of amides is 1. The van der Waals surface area contributed by atoms with Gasteiger partial charge < -0.3 is 19.4 Å². The van der Waals surface area contributed by atoms with E-state index in [0.29, 0.717) is 23.9 Å². The molecule has 0 bridgehead atoms. The van der Waals surface area contributed by atoms with Crippen molar-refractivity contribution in [2.24, 2.45) is 0 Å². The van der Waals surface area contributed by atoms with E-state index < -0.39 is 0 Å². The summed E-state index contributed by atoms with van der Waals surface area (Å²) in [5.74, 6) is 2.42. The van der Waals surface area contributed by atoms with E-state index in [2.05, 4.69) is 41.9 Å². The largest absolute Gasteiger partial charge is 0.493 e. The van der Waals surface area contributed by atoms with Gasteiger partial charge >= 0.3 is 0 Å². The van der Waals surface area contributed by atoms with Crippen LogP contribution in [0.5, 0.6) is 11.5 Å². The number of aryl methyl sites for hydroxylation is 4. The molecule has 0 unspecified atom stereocenters. The molecule has 0 spiro atoms. The van der Waals surface area contributed by atoms with Crippen molar-refractivity contribution in [3.63, 3.8) is 0 Å². The minimum Gasteiger partial charge on any atom is -0.493 e. The Balaban J connectivity index is 1.26. The Morgan fingerprint density at radius 1 is 1.00 bits per heavy atom. The normalized spacial score (nSPS) is 11.0. The minimum absolute atomic E-state index is 0.0272. The fourth-order valence-electron chi connectivity index (χ4n) is 4.14. The van der Waals surface area contributed by atoms with Gasteiger partial charge in [-0.05, 0) is 74.7 Å². The zero-order valence-electron chi connectivity index (χ0n) is 20.8. The molecule has 4 aromatic rings. The van der Waals surface area contributed by atoms with Gasteiger partial charge in [0.25, 0.3) is 5.91 Å². The van der Waals surface area contributed by atoms with Crippen molar-refractivity contribution in [2.75, 3.05) is 19.8 Å². The summed E-state index contributed by atoms with van der Waals surface area (Å²) in [5.41, 5.74) is 4.51. The van der Waals surface area contributed by atoms with Gasteiger partial charge in [-0.2, -0.15) is 0 Å². The van der Waals surface area contributed by atoms with E-state index in [9.17, 15) is 4.79 Å². The molecule has 1 amide bonds. The van der Waals surface area contributed by atoms with Crippen molar-refractivity contribution in [1.29, 1.82) is 0 Å². The average Bonchev–Trinajstić information content (AvgIpc) is 3.22. The lowest BCUT2D eigenvalue weighted by Crippen LogP contribution is -2.30. The lowest BCUT2D eigenvalue weighted by molar-refractivity contribution is -0.123. The standard InChI is InChI=1S/C29H32ClN3O3/c1-21-10-15-27(22(2)19-21)35-18-6-17-33-26-8-4-3-7-25(26)32-28(33)9-5-16-31-29(34)20-36-24-13-11-23(30)12-14-24/h3-4,7-8,10-15,19H,5-6,9,16-18,20H2,1-2H3,(H,31,34). The van der Waals surface area contributed by atoms with Gasteiger partial charge in [0, 0.05) is 24.5 Å². The molecule has 188 valence electrons. The number of hydrogen-bond donors (Lipinski definition) is 1. The SMILES string of the molecule is Cc1ccc(OCCCn2c(CCCNC(=O)COc3ccc(Cl)cc3)nc3ccccc32)c(C)c1. The molecule has 0 aliphatic rings. The van der Waals surface area contributed by atoms with Crippen LogP contribution in [0.3, 0.4) is 0 Å². The summed E-state index contributed by atoms with van der Waals surface area (Å²) in [7, 11) is 0. The Labute approximate surface area is 217 Å². The molecule has 1 aromatic heterocycles. The van der Waals surface area contributed by atoms with Gasteiger partial charge in [0.2, 0.25) is 0 Å². The molecule has 1 N–H and O–H groups in total. The smallest absolute Gasteiger partial charge is 0.257 e. The van der Waals surface area contributed by atoms with E-state index in [1.807, 2.05) is 24.3 Å². The molecule has 1 heterocycles. The first-order chi connectivity index (χ1) is 17.5. The molecule has 0 saturated carbocycles. The summed E-state index contributed by atoms with van der Waals surface area (Å²) in [4.78, 5) is 17.0. The van der Waals surface area contributed by atoms with Crippen molar-refractivity contribution in [3.8, 4) is 11.5 Å². The zero-order chi connectivity index (χ0) is 25.3. The quantitative estimate of drug-likeness (QED) is 0.243. The van der Waals surface area contributed by atoms with E-state index >= 15 is 0 Å². The van der Waals surface area contributed by atoms with Crippen LogP contribution in [0, 0.1) is 13.8 Å². The molecule has 0 radical (unpaired) electrons. The van der Waals surface area contributed by atoms with E-state index in [1.54, 1.807) is 24.3 Å². The number of hydrogen-bond acceptors (Lipinski definition) is 4. The van der Waals surface area contributed by atoms with Crippen molar-refractivity contribution in [2.45, 2.75) is 39.7 Å². The van der Waals surface area contributed by atoms with Crippen LogP contribution >= 0.6 is 11.6 Å². The number of aromatic nitrogens is 2. The van der Waals surface area contributed by atoms with E-state index in [1.165, 1.54) is 5.56 Å². The Kier molecular flexibility index (Phi) is 8.85. The molecule has 0 aliphatic carbocycles. The molecule has 6 nitrogen and oxygen atoms in total. The van der Waals surface area contributed by atoms with E-state index in [0.717, 1.165) is 54.0 Å². The Morgan fingerprint density at radius 3 is 2.61 bits per heavy atom. The number of rotatable bonds is 12. The molecule has 3 aromatic carbocycles. The molecular weight excluding hydrogens is 474 g/mol. The third-order valence-electron chi connectivity index (χ3n) is 5.93. The van der Waals surface area contributed by atoms with Crippen LogP contribution in [0.15, 0.2) is 66.7 Å². The molecule has 0 atom stereocenters. The predicted octanol–water partition coefficient (Wildman–Crippen LogP) is 5.90. The average molecular weight is 506 g/mol. The minimum atomic E-state index is -0.151. The molecular formula is C29H32ClN3O3. The third-order valence-corrected chi connectivity index (χ3v) is 6.18. The number of nitrogens with zero attached hydrogens (tertiary/aromatic N) is 2. The second kappa shape index (κ2) is 12.5. The number of imidazole rings is 1. The second-order valence-corrected chi connectivity index (χ2v) is 9.27.